The van der Waals surface area contributed by atoms with Gasteiger partial charge in [0, 0.05) is 23.2 Å². The van der Waals surface area contributed by atoms with E-state index in [1.165, 1.54) is 10.2 Å². The number of ether oxygens (including phenoxy) is 1. The van der Waals surface area contributed by atoms with Gasteiger partial charge >= 0.3 is 0 Å². The van der Waals surface area contributed by atoms with Crippen LogP contribution in [0, 0.1) is 5.41 Å². The van der Waals surface area contributed by atoms with Crippen molar-refractivity contribution in [3.63, 3.8) is 0 Å². The molecule has 1 aromatic heterocycles. The summed E-state index contributed by atoms with van der Waals surface area (Å²) >= 11 is 7.85. The Balaban J connectivity index is 1.59. The number of para-hydroxylation sites is 2. The zero-order chi connectivity index (χ0) is 38.3. The van der Waals surface area contributed by atoms with Crippen molar-refractivity contribution in [1.29, 1.82) is 0 Å². The Morgan fingerprint density at radius 1 is 0.865 bits per heavy atom. The second kappa shape index (κ2) is 16.6. The molecule has 0 saturated carbocycles. The van der Waals surface area contributed by atoms with Gasteiger partial charge in [-0.1, -0.05) is 122 Å². The lowest BCUT2D eigenvalue weighted by Crippen LogP contribution is -2.53. The number of rotatable bonds is 17. The fourth-order valence-electron chi connectivity index (χ4n) is 5.42. The maximum atomic E-state index is 14.5. The zero-order valence-electron chi connectivity index (χ0n) is 31.6. The van der Waals surface area contributed by atoms with Crippen LogP contribution in [0.3, 0.4) is 0 Å². The molecule has 2 amide bonds. The van der Waals surface area contributed by atoms with Crippen LogP contribution in [0.25, 0.3) is 5.69 Å². The lowest BCUT2D eigenvalue weighted by Gasteiger charge is -2.33. The van der Waals surface area contributed by atoms with Gasteiger partial charge in [-0.3, -0.25) is 14.4 Å². The SMILES string of the molecule is CCC(Oc1ccc(C(C)(C)CC)cc1C(C)(C)CC)C(=O)NCC(C)(C)C(=O)C(Cl)(Sc1nnnn1-c1ccccc1)C(=O)Nc1ccccc1. The third-order valence-electron chi connectivity index (χ3n) is 9.80. The molecule has 0 aliphatic carbocycles. The molecular formula is C40H51ClN6O4S. The number of tetrazole rings is 1. The number of benzene rings is 3. The van der Waals surface area contributed by atoms with Gasteiger partial charge in [-0.15, -0.1) is 5.10 Å². The summed E-state index contributed by atoms with van der Waals surface area (Å²) in [6.07, 6.45) is 1.43. The molecular weight excluding hydrogens is 696 g/mol. The summed E-state index contributed by atoms with van der Waals surface area (Å²) in [5, 5.41) is 17.8. The molecule has 52 heavy (non-hydrogen) atoms. The second-order valence-corrected chi connectivity index (χ2v) is 16.8. The first-order valence-corrected chi connectivity index (χ1v) is 18.9. The summed E-state index contributed by atoms with van der Waals surface area (Å²) in [7, 11) is 0. The van der Waals surface area contributed by atoms with Crippen LogP contribution >= 0.6 is 23.4 Å². The Labute approximate surface area is 316 Å². The van der Waals surface area contributed by atoms with Crippen LogP contribution < -0.4 is 15.4 Å². The Morgan fingerprint density at radius 3 is 2.08 bits per heavy atom. The third-order valence-corrected chi connectivity index (χ3v) is 11.5. The lowest BCUT2D eigenvalue weighted by atomic mass is 9.76. The average molecular weight is 747 g/mol. The number of carbonyl (C=O) groups is 3. The molecule has 10 nitrogen and oxygen atoms in total. The van der Waals surface area contributed by atoms with E-state index in [1.807, 2.05) is 37.3 Å². The molecule has 0 aliphatic heterocycles. The highest BCUT2D eigenvalue weighted by atomic mass is 35.5. The molecule has 0 saturated heterocycles. The summed E-state index contributed by atoms with van der Waals surface area (Å²) in [4.78, 5) is 42.2. The summed E-state index contributed by atoms with van der Waals surface area (Å²) in [5.41, 5.74) is 1.81. The van der Waals surface area contributed by atoms with E-state index in [-0.39, 0.29) is 28.4 Å². The van der Waals surface area contributed by atoms with Gasteiger partial charge in [0.05, 0.1) is 5.69 Å². The monoisotopic (exact) mass is 746 g/mol. The van der Waals surface area contributed by atoms with Gasteiger partial charge < -0.3 is 15.4 Å². The highest BCUT2D eigenvalue weighted by Crippen LogP contribution is 2.43. The van der Waals surface area contributed by atoms with Crippen molar-refractivity contribution < 1.29 is 19.1 Å². The molecule has 0 radical (unpaired) electrons. The first-order valence-electron chi connectivity index (χ1n) is 17.7. The largest absolute Gasteiger partial charge is 0.480 e. The zero-order valence-corrected chi connectivity index (χ0v) is 33.2. The highest BCUT2D eigenvalue weighted by molar-refractivity contribution is 8.03. The van der Waals surface area contributed by atoms with Crippen LogP contribution in [0.5, 0.6) is 5.75 Å². The van der Waals surface area contributed by atoms with Gasteiger partial charge in [0.15, 0.2) is 11.9 Å². The van der Waals surface area contributed by atoms with Gasteiger partial charge in [-0.25, -0.2) is 0 Å². The standard InChI is InChI=1S/C40H51ClN6O4S/c1-10-31(51-32-24-23-27(37(4,5)11-2)25-30(32)38(6,7)12-3)33(48)42-26-39(8,9)34(49)40(41,35(50)43-28-19-15-13-16-20-28)52-36-44-45-46-47(36)29-21-17-14-18-22-29/h13-25,31H,10-12,26H2,1-9H3,(H,42,48)(H,43,50). The van der Waals surface area contributed by atoms with Gasteiger partial charge in [0.25, 0.3) is 11.8 Å². The minimum atomic E-state index is -2.22. The van der Waals surface area contributed by atoms with Gasteiger partial charge in [0.2, 0.25) is 9.36 Å². The number of anilines is 1. The fourth-order valence-corrected chi connectivity index (χ4v) is 7.00. The van der Waals surface area contributed by atoms with Crippen LogP contribution in [0.2, 0.25) is 0 Å². The molecule has 2 N–H and O–H groups in total. The predicted molar refractivity (Wildman–Crippen MR) is 208 cm³/mol. The van der Waals surface area contributed by atoms with E-state index < -0.39 is 27.4 Å². The number of nitrogens with zero attached hydrogens (tertiary/aromatic N) is 4. The van der Waals surface area contributed by atoms with Crippen molar-refractivity contribution in [2.75, 3.05) is 11.9 Å². The number of Topliss-reactive ketones (excluding diaryl/α,β-unsaturated/α-hetero) is 1. The van der Waals surface area contributed by atoms with E-state index in [9.17, 15) is 14.4 Å². The van der Waals surface area contributed by atoms with E-state index in [4.69, 9.17) is 16.3 Å². The van der Waals surface area contributed by atoms with Crippen LogP contribution in [-0.4, -0.2) is 54.7 Å². The number of alkyl halides is 1. The summed E-state index contributed by atoms with van der Waals surface area (Å²) < 4.78 is 5.64. The van der Waals surface area contributed by atoms with Crippen LogP contribution in [0.1, 0.15) is 92.7 Å². The number of ketones is 1. The van der Waals surface area contributed by atoms with Crippen molar-refractivity contribution in [3.05, 3.63) is 90.0 Å². The molecule has 0 fully saturated rings. The molecule has 12 heteroatoms. The fraction of sp³-hybridized carbons (Fsp3) is 0.450. The summed E-state index contributed by atoms with van der Waals surface area (Å²) in [5.74, 6) is -1.13. The number of carbonyl (C=O) groups excluding carboxylic acids is 3. The van der Waals surface area contributed by atoms with E-state index >= 15 is 0 Å². The quantitative estimate of drug-likeness (QED) is 0.0628. The van der Waals surface area contributed by atoms with E-state index in [2.05, 4.69) is 79.8 Å². The number of hydrogen-bond acceptors (Lipinski definition) is 8. The van der Waals surface area contributed by atoms with E-state index in [0.717, 1.165) is 30.2 Å². The second-order valence-electron chi connectivity index (χ2n) is 14.9. The first kappa shape index (κ1) is 40.5. The molecule has 0 bridgehead atoms. The summed E-state index contributed by atoms with van der Waals surface area (Å²) in [6.45, 7) is 18.2. The highest BCUT2D eigenvalue weighted by Gasteiger charge is 2.52. The number of amides is 2. The van der Waals surface area contributed by atoms with Crippen molar-refractivity contribution in [2.24, 2.45) is 5.41 Å². The Hall–Kier alpha value is -4.22. The molecule has 278 valence electrons. The Kier molecular flexibility index (Phi) is 13.0. The number of aromatic nitrogens is 4. The molecule has 2 unspecified atom stereocenters. The number of halogens is 1. The molecule has 4 aromatic rings. The topological polar surface area (TPSA) is 128 Å². The smallest absolute Gasteiger partial charge is 0.264 e. The minimum Gasteiger partial charge on any atom is -0.480 e. The molecule has 3 aromatic carbocycles. The predicted octanol–water partition coefficient (Wildman–Crippen LogP) is 8.27. The third kappa shape index (κ3) is 9.22. The maximum Gasteiger partial charge on any atom is 0.264 e. The van der Waals surface area contributed by atoms with Gasteiger partial charge in [0.1, 0.15) is 5.75 Å². The van der Waals surface area contributed by atoms with Gasteiger partial charge in [-0.2, -0.15) is 4.68 Å². The van der Waals surface area contributed by atoms with Gasteiger partial charge in [-0.05, 0) is 88.2 Å². The Bertz CT molecular complexity index is 1850. The molecule has 0 spiro atoms. The normalized spacial score (nSPS) is 13.9. The maximum absolute atomic E-state index is 14.5. The lowest BCUT2D eigenvalue weighted by molar-refractivity contribution is -0.133. The van der Waals surface area contributed by atoms with Crippen molar-refractivity contribution in [3.8, 4) is 11.4 Å². The average Bonchev–Trinajstić information content (AvgIpc) is 3.60. The number of thioether (sulfide) groups is 1. The minimum absolute atomic E-state index is 0.0155. The van der Waals surface area contributed by atoms with E-state index in [0.29, 0.717) is 23.5 Å². The van der Waals surface area contributed by atoms with Crippen LogP contribution in [0.4, 0.5) is 5.69 Å². The van der Waals surface area contributed by atoms with Crippen LogP contribution in [0.15, 0.2) is 84.0 Å². The molecule has 1 heterocycles. The molecule has 4 rings (SSSR count). The number of nitrogens with one attached hydrogen (secondary N) is 2. The molecule has 2 atom stereocenters. The Morgan fingerprint density at radius 2 is 1.48 bits per heavy atom. The first-order chi connectivity index (χ1) is 24.5. The van der Waals surface area contributed by atoms with Crippen molar-refractivity contribution in [2.45, 2.75) is 108 Å². The van der Waals surface area contributed by atoms with E-state index in [1.54, 1.807) is 50.2 Å². The summed E-state index contributed by atoms with van der Waals surface area (Å²) in [6, 6.07) is 24.0. The van der Waals surface area contributed by atoms with Crippen molar-refractivity contribution >= 4 is 46.6 Å². The van der Waals surface area contributed by atoms with Crippen molar-refractivity contribution in [1.82, 2.24) is 25.5 Å². The molecule has 0 aliphatic rings. The number of hydrogen-bond donors (Lipinski definition) is 2. The van der Waals surface area contributed by atoms with Crippen LogP contribution in [-0.2, 0) is 25.2 Å².